The lowest BCUT2D eigenvalue weighted by molar-refractivity contribution is -0.143. The van der Waals surface area contributed by atoms with Gasteiger partial charge in [0.25, 0.3) is 0 Å². The lowest BCUT2D eigenvalue weighted by atomic mass is 9.12. The minimum Gasteiger partial charge on any atom is -0.207 e. The van der Waals surface area contributed by atoms with Crippen LogP contribution >= 0.6 is 7.26 Å². The zero-order valence-corrected chi connectivity index (χ0v) is 38.8. The van der Waals surface area contributed by atoms with Crippen LogP contribution in [0.15, 0.2) is 109 Å². The van der Waals surface area contributed by atoms with Crippen molar-refractivity contribution in [1.82, 2.24) is 0 Å². The maximum Gasteiger partial charge on any atom is 0.416 e. The minimum atomic E-state index is -7.22. The average molecular weight is 1170 g/mol. The van der Waals surface area contributed by atoms with Crippen molar-refractivity contribution in [2.75, 3.05) is 0 Å². The van der Waals surface area contributed by atoms with Gasteiger partial charge < -0.3 is 0 Å². The van der Waals surface area contributed by atoms with E-state index in [1.165, 1.54) is 0 Å². The minimum absolute atomic E-state index is 0.00737. The largest absolute Gasteiger partial charge is 0.416 e. The SMILES string of the molecule is FC(F)(F)c1cc(C[P+](c2ccccc2)(c2ccccc2)c2ccccc2)cc(C(F)(F)F)c1.Fc1c(F)c(F)c([B-](c2c(F)c(F)c(F)c(F)c2F)(c2c(F)c(F)c(F)c(F)c2F)c2c(F)c(F)c(F)c(F)c2F)c(F)c1F. The summed E-state index contributed by atoms with van der Waals surface area (Å²) in [4.78, 5) is 0. The first-order valence-corrected chi connectivity index (χ1v) is 23.3. The summed E-state index contributed by atoms with van der Waals surface area (Å²) >= 11 is 0. The second kappa shape index (κ2) is 21.6. The Morgan fingerprint density at radius 2 is 0.456 bits per heavy atom. The Morgan fingerprint density at radius 3 is 0.646 bits per heavy atom. The van der Waals surface area contributed by atoms with Crippen molar-refractivity contribution in [3.05, 3.63) is 242 Å². The molecule has 0 aliphatic heterocycles. The molecule has 0 N–H and O–H groups in total. The lowest BCUT2D eigenvalue weighted by Crippen LogP contribution is -2.81. The maximum atomic E-state index is 15.4. The molecule has 0 bridgehead atoms. The summed E-state index contributed by atoms with van der Waals surface area (Å²) in [6.07, 6.45) is -17.0. The van der Waals surface area contributed by atoms with E-state index in [0.29, 0.717) is 0 Å². The number of benzene rings is 8. The number of hydrogen-bond acceptors (Lipinski definition) is 0. The molecule has 414 valence electrons. The fourth-order valence-electron chi connectivity index (χ4n) is 9.03. The van der Waals surface area contributed by atoms with Gasteiger partial charge in [0.05, 0.1) is 17.3 Å². The van der Waals surface area contributed by atoms with Gasteiger partial charge in [-0.2, -0.15) is 26.3 Å². The van der Waals surface area contributed by atoms with Crippen LogP contribution in [0.4, 0.5) is 114 Å². The molecule has 0 amide bonds. The van der Waals surface area contributed by atoms with Crippen molar-refractivity contribution in [2.45, 2.75) is 18.5 Å². The lowest BCUT2D eigenvalue weighted by Gasteiger charge is -2.44. The van der Waals surface area contributed by atoms with Crippen LogP contribution < -0.4 is 37.8 Å². The van der Waals surface area contributed by atoms with E-state index in [0.717, 1.165) is 28.0 Å². The van der Waals surface area contributed by atoms with E-state index < -0.39 is 175 Å². The van der Waals surface area contributed by atoms with E-state index in [9.17, 15) is 79.0 Å². The van der Waals surface area contributed by atoms with Crippen LogP contribution in [0.5, 0.6) is 0 Å². The first kappa shape index (κ1) is 59.1. The Balaban J connectivity index is 0.000000237. The van der Waals surface area contributed by atoms with Crippen LogP contribution in [0.1, 0.15) is 16.7 Å². The van der Waals surface area contributed by atoms with Crippen LogP contribution in [0, 0.1) is 116 Å². The molecular formula is C51H20BF26P. The van der Waals surface area contributed by atoms with Gasteiger partial charge in [0.1, 0.15) is 75.9 Å². The van der Waals surface area contributed by atoms with E-state index in [1.54, 1.807) is 0 Å². The van der Waals surface area contributed by atoms with Crippen molar-refractivity contribution >= 4 is 51.2 Å². The third-order valence-corrected chi connectivity index (χ3v) is 16.7. The second-order valence-corrected chi connectivity index (χ2v) is 20.2. The number of alkyl halides is 6. The molecule has 0 fully saturated rings. The predicted molar refractivity (Wildman–Crippen MR) is 235 cm³/mol. The second-order valence-electron chi connectivity index (χ2n) is 16.7. The predicted octanol–water partition coefficient (Wildman–Crippen LogP) is 13.1. The first-order chi connectivity index (χ1) is 36.8. The highest BCUT2D eigenvalue weighted by molar-refractivity contribution is 7.95. The smallest absolute Gasteiger partial charge is 0.207 e. The molecule has 28 heteroatoms. The normalized spacial score (nSPS) is 12.2. The molecule has 8 rings (SSSR count). The van der Waals surface area contributed by atoms with E-state index in [-0.39, 0.29) is 17.8 Å². The Labute approximate surface area is 425 Å². The molecule has 0 radical (unpaired) electrons. The molecule has 0 aliphatic rings. The Hall–Kier alpha value is -7.57. The molecule has 79 heavy (non-hydrogen) atoms. The zero-order chi connectivity index (χ0) is 58.8. The molecule has 0 heterocycles. The van der Waals surface area contributed by atoms with E-state index in [1.807, 2.05) is 91.0 Å². The molecular weight excluding hydrogens is 1150 g/mol. The van der Waals surface area contributed by atoms with Gasteiger partial charge in [-0.1, -0.05) is 54.6 Å². The average Bonchev–Trinajstić information content (AvgIpc) is 3.61. The highest BCUT2D eigenvalue weighted by Crippen LogP contribution is 2.58. The molecule has 8 aromatic carbocycles. The molecule has 0 saturated carbocycles. The summed E-state index contributed by atoms with van der Waals surface area (Å²) in [5, 5.41) is 2.62. The summed E-state index contributed by atoms with van der Waals surface area (Å²) in [5.41, 5.74) is -16.9. The molecule has 0 aromatic heterocycles. The molecule has 0 atom stereocenters. The van der Waals surface area contributed by atoms with Gasteiger partial charge in [0.2, 0.25) is 0 Å². The van der Waals surface area contributed by atoms with Crippen molar-refractivity contribution in [1.29, 1.82) is 0 Å². The molecule has 0 nitrogen and oxygen atoms in total. The van der Waals surface area contributed by atoms with Crippen LogP contribution in [0.25, 0.3) is 0 Å². The van der Waals surface area contributed by atoms with Gasteiger partial charge in [0.15, 0.2) is 69.8 Å². The van der Waals surface area contributed by atoms with Gasteiger partial charge in [-0.3, -0.25) is 0 Å². The molecule has 0 aliphatic carbocycles. The van der Waals surface area contributed by atoms with Crippen molar-refractivity contribution in [3.63, 3.8) is 0 Å². The molecule has 0 saturated heterocycles. The van der Waals surface area contributed by atoms with Crippen molar-refractivity contribution < 1.29 is 114 Å². The Bertz CT molecular complexity index is 3150. The summed E-state index contributed by atoms with van der Waals surface area (Å²) in [5.74, 6) is -71.4. The van der Waals surface area contributed by atoms with Crippen LogP contribution in [-0.2, 0) is 18.5 Å². The van der Waals surface area contributed by atoms with Crippen molar-refractivity contribution in [2.24, 2.45) is 0 Å². The van der Waals surface area contributed by atoms with Gasteiger partial charge in [0, 0.05) is 0 Å². The standard InChI is InChI=1S/C27H20F6P.C24BF20/c28-26(29,30)21-16-20(17-22(18-21)27(31,32)33)19-34(23-10-4-1-5-11-23,24-12-6-2-7-13-24)25-14-8-3-9-15-25;26-5-1(6(27)14(35)21(42)13(5)34)25(2-7(28)15(36)22(43)16(37)8(2)29,3-9(30)17(38)23(44)18(39)10(3)31)4-11(32)19(40)24(45)20(41)12(4)33/h1-18H,19H2;/q+1;-1. The Morgan fingerprint density at radius 1 is 0.266 bits per heavy atom. The number of rotatable bonds is 9. The molecule has 8 aromatic rings. The number of hydrogen-bond donors (Lipinski definition) is 0. The third-order valence-electron chi connectivity index (χ3n) is 12.4. The van der Waals surface area contributed by atoms with E-state index in [2.05, 4.69) is 0 Å². The topological polar surface area (TPSA) is 0 Å². The van der Waals surface area contributed by atoms with Crippen LogP contribution in [0.3, 0.4) is 0 Å². The van der Waals surface area contributed by atoms with Gasteiger partial charge >= 0.3 is 12.4 Å². The molecule has 0 spiro atoms. The monoisotopic (exact) mass is 1170 g/mol. The fourth-order valence-corrected chi connectivity index (χ4v) is 13.2. The summed E-state index contributed by atoms with van der Waals surface area (Å²) < 4.78 is 375. The van der Waals surface area contributed by atoms with Crippen LogP contribution in [-0.4, -0.2) is 6.15 Å². The van der Waals surface area contributed by atoms with E-state index in [4.69, 9.17) is 0 Å². The number of halogens is 26. The molecule has 0 unspecified atom stereocenters. The quantitative estimate of drug-likeness (QED) is 0.0444. The highest BCUT2D eigenvalue weighted by Gasteiger charge is 2.53. The highest BCUT2D eigenvalue weighted by atomic mass is 31.2. The first-order valence-electron chi connectivity index (χ1n) is 21.4. The fraction of sp³-hybridized carbons (Fsp3) is 0.0588. The zero-order valence-electron chi connectivity index (χ0n) is 38.0. The third kappa shape index (κ3) is 9.80. The van der Waals surface area contributed by atoms with Crippen molar-refractivity contribution in [3.8, 4) is 0 Å². The van der Waals surface area contributed by atoms with Gasteiger partial charge in [-0.05, 0) is 60.2 Å². The van der Waals surface area contributed by atoms with E-state index >= 15 is 35.1 Å². The Kier molecular flexibility index (Phi) is 16.1. The summed E-state index contributed by atoms with van der Waals surface area (Å²) in [6.45, 7) is 0. The maximum absolute atomic E-state index is 15.4. The van der Waals surface area contributed by atoms with Gasteiger partial charge in [-0.25, -0.2) is 87.8 Å². The van der Waals surface area contributed by atoms with Crippen LogP contribution in [0.2, 0.25) is 0 Å². The summed E-state index contributed by atoms with van der Waals surface area (Å²) in [6, 6.07) is 29.8. The van der Waals surface area contributed by atoms with Gasteiger partial charge in [-0.15, -0.1) is 21.9 Å². The summed E-state index contributed by atoms with van der Waals surface area (Å²) in [7, 11) is -2.65.